The number of aromatic nitrogens is 1. The molecule has 0 unspecified atom stereocenters. The van der Waals surface area contributed by atoms with Gasteiger partial charge in [-0.1, -0.05) is 0 Å². The predicted molar refractivity (Wildman–Crippen MR) is 135 cm³/mol. The van der Waals surface area contributed by atoms with E-state index in [1.807, 2.05) is 6.20 Å². The van der Waals surface area contributed by atoms with Crippen LogP contribution in [0.3, 0.4) is 0 Å². The fraction of sp³-hybridized carbons (Fsp3) is 0.727. The van der Waals surface area contributed by atoms with Gasteiger partial charge in [0.2, 0.25) is 0 Å². The van der Waals surface area contributed by atoms with Crippen LogP contribution in [0.2, 0.25) is 0 Å². The number of nitrogens with one attached hydrogen (secondary N) is 2. The quantitative estimate of drug-likeness (QED) is 0.321. The van der Waals surface area contributed by atoms with Gasteiger partial charge in [0, 0.05) is 51.0 Å². The Morgan fingerprint density at radius 3 is 2.57 bits per heavy atom. The number of guanidine groups is 1. The average Bonchev–Trinajstić information content (AvgIpc) is 2.77. The van der Waals surface area contributed by atoms with Crippen molar-refractivity contribution >= 4 is 35.8 Å². The summed E-state index contributed by atoms with van der Waals surface area (Å²) in [6, 6.07) is 4.26. The number of piperidine rings is 1. The summed E-state index contributed by atoms with van der Waals surface area (Å²) in [6.45, 7) is 14.8. The van der Waals surface area contributed by atoms with Crippen molar-refractivity contribution in [1.82, 2.24) is 20.5 Å². The van der Waals surface area contributed by atoms with Crippen LogP contribution < -0.4 is 15.5 Å². The first-order valence-corrected chi connectivity index (χ1v) is 11.1. The monoisotopic (exact) mass is 530 g/mol. The van der Waals surface area contributed by atoms with Crippen molar-refractivity contribution in [3.05, 3.63) is 23.9 Å². The third-order valence-electron chi connectivity index (χ3n) is 5.81. The highest BCUT2D eigenvalue weighted by atomic mass is 127. The van der Waals surface area contributed by atoms with Crippen molar-refractivity contribution in [3.8, 4) is 0 Å². The van der Waals surface area contributed by atoms with E-state index in [1.54, 1.807) is 0 Å². The van der Waals surface area contributed by atoms with Gasteiger partial charge >= 0.3 is 0 Å². The average molecular weight is 530 g/mol. The van der Waals surface area contributed by atoms with E-state index in [0.717, 1.165) is 64.3 Å². The zero-order chi connectivity index (χ0) is 20.5. The first-order valence-electron chi connectivity index (χ1n) is 11.1. The Bertz CT molecular complexity index is 657. The minimum atomic E-state index is 0. The molecule has 0 spiro atoms. The number of morpholine rings is 1. The lowest BCUT2D eigenvalue weighted by Crippen LogP contribution is -2.56. The van der Waals surface area contributed by atoms with Crippen LogP contribution in [-0.4, -0.2) is 73.9 Å². The number of ether oxygens (including phenoxy) is 1. The Morgan fingerprint density at radius 1 is 1.13 bits per heavy atom. The summed E-state index contributed by atoms with van der Waals surface area (Å²) in [5.41, 5.74) is 1.25. The van der Waals surface area contributed by atoms with Crippen LogP contribution in [-0.2, 0) is 11.3 Å². The van der Waals surface area contributed by atoms with Crippen molar-refractivity contribution in [2.75, 3.05) is 57.4 Å². The van der Waals surface area contributed by atoms with E-state index >= 15 is 0 Å². The minimum absolute atomic E-state index is 0. The number of anilines is 1. The maximum absolute atomic E-state index is 5.49. The van der Waals surface area contributed by atoms with E-state index in [-0.39, 0.29) is 29.5 Å². The smallest absolute Gasteiger partial charge is 0.191 e. The van der Waals surface area contributed by atoms with E-state index in [0.29, 0.717) is 6.54 Å². The van der Waals surface area contributed by atoms with Crippen LogP contribution >= 0.6 is 24.0 Å². The summed E-state index contributed by atoms with van der Waals surface area (Å²) in [7, 11) is 0. The molecule has 2 saturated heterocycles. The molecule has 1 aromatic heterocycles. The first-order chi connectivity index (χ1) is 14.1. The summed E-state index contributed by atoms with van der Waals surface area (Å²) in [5.74, 6) is 1.95. The fourth-order valence-electron chi connectivity index (χ4n) is 3.95. The van der Waals surface area contributed by atoms with Crippen molar-refractivity contribution in [3.63, 3.8) is 0 Å². The minimum Gasteiger partial charge on any atom is -0.379 e. The molecule has 0 aromatic carbocycles. The molecule has 2 aliphatic heterocycles. The van der Waals surface area contributed by atoms with Crippen molar-refractivity contribution in [1.29, 1.82) is 0 Å². The molecule has 2 fully saturated rings. The van der Waals surface area contributed by atoms with Gasteiger partial charge in [-0.2, -0.15) is 0 Å². The molecule has 0 atom stereocenters. The van der Waals surface area contributed by atoms with Gasteiger partial charge in [0.1, 0.15) is 5.82 Å². The van der Waals surface area contributed by atoms with E-state index in [1.165, 1.54) is 24.8 Å². The highest BCUT2D eigenvalue weighted by Gasteiger charge is 2.28. The maximum atomic E-state index is 5.49. The van der Waals surface area contributed by atoms with Crippen molar-refractivity contribution < 1.29 is 4.74 Å². The van der Waals surface area contributed by atoms with Gasteiger partial charge < -0.3 is 20.3 Å². The summed E-state index contributed by atoms with van der Waals surface area (Å²) >= 11 is 0. The molecule has 7 nitrogen and oxygen atoms in total. The summed E-state index contributed by atoms with van der Waals surface area (Å²) in [6.07, 6.45) is 5.77. The molecule has 0 aliphatic carbocycles. The highest BCUT2D eigenvalue weighted by Crippen LogP contribution is 2.19. The Morgan fingerprint density at radius 2 is 1.87 bits per heavy atom. The number of rotatable bonds is 7. The lowest BCUT2D eigenvalue weighted by Gasteiger charge is -2.41. The molecule has 1 aromatic rings. The van der Waals surface area contributed by atoms with E-state index < -0.39 is 0 Å². The number of hydrogen-bond donors (Lipinski definition) is 2. The van der Waals surface area contributed by atoms with Crippen molar-refractivity contribution in [2.45, 2.75) is 52.1 Å². The van der Waals surface area contributed by atoms with Crippen LogP contribution in [0.1, 0.15) is 45.6 Å². The van der Waals surface area contributed by atoms with Gasteiger partial charge in [-0.15, -0.1) is 24.0 Å². The molecule has 3 rings (SSSR count). The molecular formula is C22H39IN6O. The summed E-state index contributed by atoms with van der Waals surface area (Å²) in [5, 5.41) is 6.91. The Hall–Kier alpha value is -1.13. The Labute approximate surface area is 199 Å². The largest absolute Gasteiger partial charge is 0.379 e. The molecule has 170 valence electrons. The summed E-state index contributed by atoms with van der Waals surface area (Å²) in [4.78, 5) is 14.3. The molecule has 2 aliphatic rings. The van der Waals surface area contributed by atoms with Crippen LogP contribution in [0.25, 0.3) is 0 Å². The highest BCUT2D eigenvalue weighted by molar-refractivity contribution is 14.0. The van der Waals surface area contributed by atoms with Crippen LogP contribution in [0.5, 0.6) is 0 Å². The van der Waals surface area contributed by atoms with Gasteiger partial charge in [-0.05, 0) is 57.7 Å². The number of hydrogen-bond acceptors (Lipinski definition) is 5. The Kier molecular flexibility index (Phi) is 10.6. The lowest BCUT2D eigenvalue weighted by atomic mass is 10.0. The number of nitrogens with zero attached hydrogens (tertiary/aromatic N) is 4. The SMILES string of the molecule is CCNC(=NCc1ccnc(N2CCCCC2)c1)NCC(C)(C)N1CCOCC1.I. The second kappa shape index (κ2) is 12.7. The van der Waals surface area contributed by atoms with Gasteiger partial charge in [0.15, 0.2) is 5.96 Å². The van der Waals surface area contributed by atoms with Crippen LogP contribution in [0.15, 0.2) is 23.3 Å². The zero-order valence-corrected chi connectivity index (χ0v) is 21.2. The van der Waals surface area contributed by atoms with Crippen LogP contribution in [0.4, 0.5) is 5.82 Å². The Balaban J connectivity index is 0.00000320. The fourth-order valence-corrected chi connectivity index (χ4v) is 3.95. The number of halogens is 1. The molecule has 0 radical (unpaired) electrons. The third kappa shape index (κ3) is 7.53. The molecule has 30 heavy (non-hydrogen) atoms. The van der Waals surface area contributed by atoms with Gasteiger partial charge in [0.05, 0.1) is 19.8 Å². The van der Waals surface area contributed by atoms with Crippen LogP contribution in [0, 0.1) is 0 Å². The maximum Gasteiger partial charge on any atom is 0.191 e. The predicted octanol–water partition coefficient (Wildman–Crippen LogP) is 2.86. The molecular weight excluding hydrogens is 491 g/mol. The first kappa shape index (κ1) is 25.1. The number of aliphatic imine (C=N–C) groups is 1. The second-order valence-corrected chi connectivity index (χ2v) is 8.53. The van der Waals surface area contributed by atoms with E-state index in [2.05, 4.69) is 58.3 Å². The number of pyridine rings is 1. The molecule has 3 heterocycles. The molecule has 0 amide bonds. The third-order valence-corrected chi connectivity index (χ3v) is 5.81. The van der Waals surface area contributed by atoms with E-state index in [4.69, 9.17) is 9.73 Å². The summed E-state index contributed by atoms with van der Waals surface area (Å²) < 4.78 is 5.49. The van der Waals surface area contributed by atoms with Gasteiger partial charge in [-0.25, -0.2) is 9.98 Å². The zero-order valence-electron chi connectivity index (χ0n) is 18.8. The van der Waals surface area contributed by atoms with Gasteiger partial charge in [0.25, 0.3) is 0 Å². The van der Waals surface area contributed by atoms with Gasteiger partial charge in [-0.3, -0.25) is 4.90 Å². The molecule has 8 heteroatoms. The topological polar surface area (TPSA) is 65.0 Å². The molecule has 0 saturated carbocycles. The molecule has 2 N–H and O–H groups in total. The van der Waals surface area contributed by atoms with Crippen molar-refractivity contribution in [2.24, 2.45) is 4.99 Å². The standard InChI is InChI=1S/C22H38N6O.HI/c1-4-23-21(26-18-22(2,3)28-12-14-29-15-13-28)25-17-19-8-9-24-20(16-19)27-10-6-5-7-11-27;/h8-9,16H,4-7,10-15,17-18H2,1-3H3,(H2,23,25,26);1H. The van der Waals surface area contributed by atoms with E-state index in [9.17, 15) is 0 Å². The second-order valence-electron chi connectivity index (χ2n) is 8.53. The lowest BCUT2D eigenvalue weighted by molar-refractivity contribution is -0.00834. The molecule has 0 bridgehead atoms. The normalized spacial score (nSPS) is 18.6.